The van der Waals surface area contributed by atoms with Crippen LogP contribution < -0.4 is 0 Å². The standard InChI is InChI=1S/C33H52O4/c1-6-7-8-9-29(34)36-24-13-15-31(4)23(18-24)10-11-25-26(31)14-16-32(5)27(25)19-28-30(32)22(3)33(37-28)17-12-21(2)20-35-33/h10,21-22,24-28,30H,6-9,11-20H2,1-5H3/t21-,22-,24+,25+,26+,27+,28+,30+,31+,32+,33-/m1/s1. The molecule has 0 amide bonds. The lowest BCUT2D eigenvalue weighted by Gasteiger charge is -2.58. The fraction of sp³-hybridized carbons (Fsp3) is 0.909. The number of carbonyl (C=O) groups excluding carboxylic acids is 1. The fourth-order valence-electron chi connectivity index (χ4n) is 10.5. The predicted molar refractivity (Wildman–Crippen MR) is 146 cm³/mol. The van der Waals surface area contributed by atoms with E-state index in [1.165, 1.54) is 38.5 Å². The van der Waals surface area contributed by atoms with Gasteiger partial charge in [-0.15, -0.1) is 0 Å². The Bertz CT molecular complexity index is 902. The Morgan fingerprint density at radius 2 is 1.92 bits per heavy atom. The summed E-state index contributed by atoms with van der Waals surface area (Å²) in [6, 6.07) is 0. The molecule has 1 spiro atoms. The topological polar surface area (TPSA) is 44.8 Å². The highest BCUT2D eigenvalue weighted by Crippen LogP contribution is 2.70. The minimum absolute atomic E-state index is 0.0190. The first-order chi connectivity index (χ1) is 17.7. The third-order valence-corrected chi connectivity index (χ3v) is 12.6. The molecule has 6 aliphatic rings. The Balaban J connectivity index is 1.15. The van der Waals surface area contributed by atoms with Gasteiger partial charge in [0.2, 0.25) is 0 Å². The van der Waals surface area contributed by atoms with Crippen molar-refractivity contribution < 1.29 is 19.0 Å². The van der Waals surface area contributed by atoms with E-state index in [1.807, 2.05) is 0 Å². The second kappa shape index (κ2) is 9.65. The quantitative estimate of drug-likeness (QED) is 0.214. The van der Waals surface area contributed by atoms with E-state index in [1.54, 1.807) is 5.57 Å². The van der Waals surface area contributed by atoms with E-state index in [0.29, 0.717) is 35.7 Å². The molecular weight excluding hydrogens is 460 g/mol. The van der Waals surface area contributed by atoms with Crippen LogP contribution in [0.4, 0.5) is 0 Å². The van der Waals surface area contributed by atoms with Crippen LogP contribution in [0.2, 0.25) is 0 Å². The number of hydrogen-bond acceptors (Lipinski definition) is 4. The zero-order chi connectivity index (χ0) is 26.0. The Morgan fingerprint density at radius 3 is 2.68 bits per heavy atom. The molecule has 4 heteroatoms. The molecule has 0 aromatic carbocycles. The van der Waals surface area contributed by atoms with Gasteiger partial charge in [0.05, 0.1) is 12.7 Å². The van der Waals surface area contributed by atoms with E-state index in [9.17, 15) is 4.79 Å². The van der Waals surface area contributed by atoms with Crippen LogP contribution in [0, 0.1) is 46.3 Å². The molecule has 4 aliphatic carbocycles. The summed E-state index contributed by atoms with van der Waals surface area (Å²) in [5, 5.41) is 0. The minimum atomic E-state index is -0.315. The molecule has 2 heterocycles. The number of carbonyl (C=O) groups is 1. The molecule has 2 saturated heterocycles. The summed E-state index contributed by atoms with van der Waals surface area (Å²) in [6.45, 7) is 13.0. The fourth-order valence-corrected chi connectivity index (χ4v) is 10.5. The summed E-state index contributed by atoms with van der Waals surface area (Å²) >= 11 is 0. The van der Waals surface area contributed by atoms with Gasteiger partial charge in [-0.3, -0.25) is 4.79 Å². The van der Waals surface area contributed by atoms with E-state index in [4.69, 9.17) is 14.2 Å². The van der Waals surface area contributed by atoms with Crippen LogP contribution in [-0.2, 0) is 19.0 Å². The third-order valence-electron chi connectivity index (χ3n) is 12.6. The first kappa shape index (κ1) is 26.4. The highest BCUT2D eigenvalue weighted by atomic mass is 16.7. The van der Waals surface area contributed by atoms with E-state index >= 15 is 0 Å². The Labute approximate surface area is 225 Å². The molecule has 0 bridgehead atoms. The van der Waals surface area contributed by atoms with Gasteiger partial charge in [0.25, 0.3) is 0 Å². The molecular formula is C33H52O4. The second-order valence-electron chi connectivity index (χ2n) is 14.6. The van der Waals surface area contributed by atoms with Gasteiger partial charge in [-0.1, -0.05) is 59.1 Å². The summed E-state index contributed by atoms with van der Waals surface area (Å²) in [7, 11) is 0. The van der Waals surface area contributed by atoms with Crippen molar-refractivity contribution in [2.75, 3.05) is 6.61 Å². The molecule has 208 valence electrons. The SMILES string of the molecule is CCCCCC(=O)O[C@H]1CC[C@@]2(C)C(=CC[C@@H]3[C@@H]4C[C@@H]5O[C@]6(CC[C@@H](C)CO6)[C@H](C)[C@@H]5[C@@]4(C)CC[C@@H]32)C1. The maximum atomic E-state index is 12.4. The van der Waals surface area contributed by atoms with Crippen molar-refractivity contribution in [1.29, 1.82) is 0 Å². The smallest absolute Gasteiger partial charge is 0.306 e. The normalized spacial score (nSPS) is 50.6. The maximum absolute atomic E-state index is 12.4. The molecule has 5 fully saturated rings. The Morgan fingerprint density at radius 1 is 1.08 bits per heavy atom. The summed E-state index contributed by atoms with van der Waals surface area (Å²) in [5.41, 5.74) is 2.25. The Hall–Kier alpha value is -0.870. The van der Waals surface area contributed by atoms with E-state index < -0.39 is 0 Å². The summed E-state index contributed by atoms with van der Waals surface area (Å²) in [6.07, 6.45) is 17.4. The van der Waals surface area contributed by atoms with Crippen LogP contribution in [0.15, 0.2) is 11.6 Å². The molecule has 0 aromatic heterocycles. The van der Waals surface area contributed by atoms with Crippen molar-refractivity contribution in [3.05, 3.63) is 11.6 Å². The van der Waals surface area contributed by atoms with Crippen molar-refractivity contribution in [2.45, 2.75) is 136 Å². The largest absolute Gasteiger partial charge is 0.462 e. The predicted octanol–water partition coefficient (Wildman–Crippen LogP) is 7.85. The van der Waals surface area contributed by atoms with Gasteiger partial charge in [0, 0.05) is 25.2 Å². The van der Waals surface area contributed by atoms with Gasteiger partial charge in [-0.05, 0) is 91.8 Å². The van der Waals surface area contributed by atoms with Gasteiger partial charge in [-0.2, -0.15) is 0 Å². The average molecular weight is 513 g/mol. The molecule has 0 N–H and O–H groups in total. The van der Waals surface area contributed by atoms with Crippen LogP contribution in [0.1, 0.15) is 118 Å². The minimum Gasteiger partial charge on any atom is -0.462 e. The molecule has 3 saturated carbocycles. The van der Waals surface area contributed by atoms with E-state index in [0.717, 1.165) is 62.9 Å². The Kier molecular flexibility index (Phi) is 6.87. The van der Waals surface area contributed by atoms with Gasteiger partial charge in [0.1, 0.15) is 6.10 Å². The number of allylic oxidation sites excluding steroid dienone is 1. The van der Waals surface area contributed by atoms with Gasteiger partial charge < -0.3 is 14.2 Å². The van der Waals surface area contributed by atoms with Crippen molar-refractivity contribution in [3.63, 3.8) is 0 Å². The van der Waals surface area contributed by atoms with Crippen molar-refractivity contribution >= 4 is 5.97 Å². The number of rotatable bonds is 5. The monoisotopic (exact) mass is 512 g/mol. The number of ether oxygens (including phenoxy) is 3. The van der Waals surface area contributed by atoms with Gasteiger partial charge >= 0.3 is 5.97 Å². The van der Waals surface area contributed by atoms with Crippen molar-refractivity contribution in [1.82, 2.24) is 0 Å². The van der Waals surface area contributed by atoms with Crippen molar-refractivity contribution in [3.8, 4) is 0 Å². The second-order valence-corrected chi connectivity index (χ2v) is 14.6. The first-order valence-corrected chi connectivity index (χ1v) is 15.9. The van der Waals surface area contributed by atoms with Gasteiger partial charge in [-0.25, -0.2) is 0 Å². The molecule has 11 atom stereocenters. The zero-order valence-electron chi connectivity index (χ0n) is 24.2. The molecule has 37 heavy (non-hydrogen) atoms. The molecule has 6 rings (SSSR count). The molecule has 0 unspecified atom stereocenters. The average Bonchev–Trinajstić information content (AvgIpc) is 3.31. The number of esters is 1. The highest BCUT2D eigenvalue weighted by molar-refractivity contribution is 5.69. The maximum Gasteiger partial charge on any atom is 0.306 e. The van der Waals surface area contributed by atoms with Crippen LogP contribution in [0.3, 0.4) is 0 Å². The van der Waals surface area contributed by atoms with E-state index in [-0.39, 0.29) is 23.3 Å². The number of hydrogen-bond donors (Lipinski definition) is 0. The van der Waals surface area contributed by atoms with E-state index in [2.05, 4.69) is 40.7 Å². The lowest BCUT2D eigenvalue weighted by molar-refractivity contribution is -0.272. The zero-order valence-corrected chi connectivity index (χ0v) is 24.2. The first-order valence-electron chi connectivity index (χ1n) is 15.9. The lowest BCUT2D eigenvalue weighted by Crippen LogP contribution is -2.52. The van der Waals surface area contributed by atoms with Crippen molar-refractivity contribution in [2.24, 2.45) is 46.3 Å². The van der Waals surface area contributed by atoms with Crippen LogP contribution in [-0.4, -0.2) is 30.6 Å². The molecule has 2 aliphatic heterocycles. The van der Waals surface area contributed by atoms with Crippen LogP contribution in [0.5, 0.6) is 0 Å². The molecule has 0 radical (unpaired) electrons. The highest BCUT2D eigenvalue weighted by Gasteiger charge is 2.68. The lowest BCUT2D eigenvalue weighted by atomic mass is 9.47. The van der Waals surface area contributed by atoms with Crippen LogP contribution in [0.25, 0.3) is 0 Å². The molecule has 0 aromatic rings. The van der Waals surface area contributed by atoms with Crippen LogP contribution >= 0.6 is 0 Å². The summed E-state index contributed by atoms with van der Waals surface area (Å²) in [4.78, 5) is 12.4. The molecule has 4 nitrogen and oxygen atoms in total. The number of fused-ring (bicyclic) bond motifs is 7. The van der Waals surface area contributed by atoms with Gasteiger partial charge in [0.15, 0.2) is 5.79 Å². The summed E-state index contributed by atoms with van der Waals surface area (Å²) in [5.74, 6) is 3.77. The third kappa shape index (κ3) is 4.17. The number of unbranched alkanes of at least 4 members (excludes halogenated alkanes) is 2. The summed E-state index contributed by atoms with van der Waals surface area (Å²) < 4.78 is 19.4.